The van der Waals surface area contributed by atoms with E-state index in [0.29, 0.717) is 18.8 Å². The zero-order valence-electron chi connectivity index (χ0n) is 15.2. The van der Waals surface area contributed by atoms with Gasteiger partial charge in [0, 0.05) is 45.0 Å². The smallest absolute Gasteiger partial charge is 0.289 e. The Balaban J connectivity index is 1.44. The summed E-state index contributed by atoms with van der Waals surface area (Å²) >= 11 is 0. The molecule has 2 aromatic heterocycles. The van der Waals surface area contributed by atoms with Crippen LogP contribution in [0.5, 0.6) is 0 Å². The summed E-state index contributed by atoms with van der Waals surface area (Å²) in [5.41, 5.74) is 1.07. The number of rotatable bonds is 4. The summed E-state index contributed by atoms with van der Waals surface area (Å²) in [4.78, 5) is 27.2. The third-order valence-corrected chi connectivity index (χ3v) is 4.75. The second-order valence-corrected chi connectivity index (χ2v) is 6.39. The molecule has 0 aliphatic carbocycles. The van der Waals surface area contributed by atoms with Gasteiger partial charge in [0.05, 0.1) is 6.26 Å². The number of carbonyl (C=O) groups is 1. The highest BCUT2D eigenvalue weighted by molar-refractivity contribution is 5.91. The number of para-hydroxylation sites is 1. The van der Waals surface area contributed by atoms with E-state index in [4.69, 9.17) is 4.42 Å². The molecule has 0 spiro atoms. The van der Waals surface area contributed by atoms with E-state index >= 15 is 0 Å². The summed E-state index contributed by atoms with van der Waals surface area (Å²) in [6.07, 6.45) is 3.11. The fourth-order valence-corrected chi connectivity index (χ4v) is 3.17. The van der Waals surface area contributed by atoms with Crippen LogP contribution < -0.4 is 9.80 Å². The van der Waals surface area contributed by atoms with Crippen molar-refractivity contribution < 1.29 is 9.21 Å². The lowest BCUT2D eigenvalue weighted by molar-refractivity contribution is 0.0714. The molecule has 3 heterocycles. The predicted molar refractivity (Wildman–Crippen MR) is 103 cm³/mol. The fourth-order valence-electron chi connectivity index (χ4n) is 3.17. The summed E-state index contributed by atoms with van der Waals surface area (Å²) in [6.45, 7) is 2.71. The quantitative estimate of drug-likeness (QED) is 0.710. The van der Waals surface area contributed by atoms with Crippen molar-refractivity contribution in [3.8, 4) is 0 Å². The highest BCUT2D eigenvalue weighted by Gasteiger charge is 2.24. The van der Waals surface area contributed by atoms with Gasteiger partial charge in [0.15, 0.2) is 5.76 Å². The Bertz CT molecular complexity index is 890. The summed E-state index contributed by atoms with van der Waals surface area (Å²) in [6, 6.07) is 15.5. The molecule has 1 amide bonds. The first kappa shape index (κ1) is 17.1. The SMILES string of the molecule is CN(c1ccccc1)c1cc(N2CCN(C(=O)c3ccco3)CC2)ncn1. The van der Waals surface area contributed by atoms with Crippen LogP contribution in [0.4, 0.5) is 17.3 Å². The third-order valence-electron chi connectivity index (χ3n) is 4.75. The lowest BCUT2D eigenvalue weighted by atomic mass is 10.2. The van der Waals surface area contributed by atoms with Gasteiger partial charge in [0.1, 0.15) is 18.0 Å². The Morgan fingerprint density at radius 2 is 1.81 bits per heavy atom. The highest BCUT2D eigenvalue weighted by atomic mass is 16.3. The molecule has 0 radical (unpaired) electrons. The Labute approximate surface area is 157 Å². The topological polar surface area (TPSA) is 65.7 Å². The molecule has 0 saturated carbocycles. The first-order valence-electron chi connectivity index (χ1n) is 8.91. The molecule has 0 atom stereocenters. The molecule has 1 fully saturated rings. The number of aromatic nitrogens is 2. The number of piperazine rings is 1. The number of furan rings is 1. The maximum Gasteiger partial charge on any atom is 0.289 e. The Morgan fingerprint density at radius 3 is 2.52 bits per heavy atom. The number of amides is 1. The monoisotopic (exact) mass is 363 g/mol. The first-order valence-corrected chi connectivity index (χ1v) is 8.91. The molecule has 1 saturated heterocycles. The van der Waals surface area contributed by atoms with Crippen molar-refractivity contribution in [2.75, 3.05) is 43.0 Å². The molecule has 0 unspecified atom stereocenters. The fraction of sp³-hybridized carbons (Fsp3) is 0.250. The average Bonchev–Trinajstić information content (AvgIpc) is 3.28. The Morgan fingerprint density at radius 1 is 1.04 bits per heavy atom. The van der Waals surface area contributed by atoms with Gasteiger partial charge in [-0.05, 0) is 24.3 Å². The molecule has 4 rings (SSSR count). The lowest BCUT2D eigenvalue weighted by Crippen LogP contribution is -2.49. The first-order chi connectivity index (χ1) is 13.2. The number of anilines is 3. The van der Waals surface area contributed by atoms with Gasteiger partial charge in [0.2, 0.25) is 0 Å². The van der Waals surface area contributed by atoms with Crippen molar-refractivity contribution in [1.29, 1.82) is 0 Å². The van der Waals surface area contributed by atoms with Gasteiger partial charge in [-0.2, -0.15) is 0 Å². The maximum absolute atomic E-state index is 12.4. The largest absolute Gasteiger partial charge is 0.459 e. The highest BCUT2D eigenvalue weighted by Crippen LogP contribution is 2.24. The van der Waals surface area contributed by atoms with Crippen LogP contribution in [-0.4, -0.2) is 54.0 Å². The molecule has 1 aliphatic heterocycles. The minimum atomic E-state index is -0.0631. The summed E-state index contributed by atoms with van der Waals surface area (Å²) in [5.74, 6) is 2.03. The summed E-state index contributed by atoms with van der Waals surface area (Å²) < 4.78 is 5.21. The number of benzene rings is 1. The molecule has 3 aromatic rings. The molecule has 7 nitrogen and oxygen atoms in total. The number of nitrogens with zero attached hydrogens (tertiary/aromatic N) is 5. The number of hydrogen-bond acceptors (Lipinski definition) is 6. The van der Waals surface area contributed by atoms with Gasteiger partial charge in [0.25, 0.3) is 5.91 Å². The second kappa shape index (κ2) is 7.49. The van der Waals surface area contributed by atoms with Crippen LogP contribution in [0.2, 0.25) is 0 Å². The Hall–Kier alpha value is -3.35. The standard InChI is InChI=1S/C20H21N5O2/c1-23(16-6-3-2-4-7-16)18-14-19(22-15-21-18)24-9-11-25(12-10-24)20(26)17-8-5-13-27-17/h2-8,13-15H,9-12H2,1H3. The molecule has 1 aromatic carbocycles. The molecular formula is C20H21N5O2. The van der Waals surface area contributed by atoms with Crippen LogP contribution in [-0.2, 0) is 0 Å². The molecular weight excluding hydrogens is 342 g/mol. The van der Waals surface area contributed by atoms with Crippen molar-refractivity contribution in [3.05, 3.63) is 66.9 Å². The van der Waals surface area contributed by atoms with Crippen LogP contribution in [0.1, 0.15) is 10.6 Å². The van der Waals surface area contributed by atoms with Gasteiger partial charge in [-0.25, -0.2) is 9.97 Å². The molecule has 1 aliphatic rings. The van der Waals surface area contributed by atoms with E-state index in [0.717, 1.165) is 30.4 Å². The van der Waals surface area contributed by atoms with E-state index in [9.17, 15) is 4.79 Å². The van der Waals surface area contributed by atoms with E-state index < -0.39 is 0 Å². The normalized spacial score (nSPS) is 14.3. The molecule has 27 heavy (non-hydrogen) atoms. The van der Waals surface area contributed by atoms with Gasteiger partial charge in [-0.3, -0.25) is 4.79 Å². The van der Waals surface area contributed by atoms with Crippen molar-refractivity contribution in [3.63, 3.8) is 0 Å². The molecule has 0 bridgehead atoms. The van der Waals surface area contributed by atoms with Crippen LogP contribution in [0.3, 0.4) is 0 Å². The third kappa shape index (κ3) is 3.62. The van der Waals surface area contributed by atoms with Crippen molar-refractivity contribution in [1.82, 2.24) is 14.9 Å². The van der Waals surface area contributed by atoms with Crippen LogP contribution >= 0.6 is 0 Å². The van der Waals surface area contributed by atoms with E-state index in [-0.39, 0.29) is 5.91 Å². The molecule has 0 N–H and O–H groups in total. The van der Waals surface area contributed by atoms with Gasteiger partial charge < -0.3 is 19.1 Å². The predicted octanol–water partition coefficient (Wildman–Crippen LogP) is 2.80. The van der Waals surface area contributed by atoms with Crippen LogP contribution in [0, 0.1) is 0 Å². The second-order valence-electron chi connectivity index (χ2n) is 6.39. The van der Waals surface area contributed by atoms with Gasteiger partial charge in [-0.15, -0.1) is 0 Å². The van der Waals surface area contributed by atoms with Crippen molar-refractivity contribution >= 4 is 23.2 Å². The minimum absolute atomic E-state index is 0.0631. The summed E-state index contributed by atoms with van der Waals surface area (Å²) in [7, 11) is 1.99. The van der Waals surface area contributed by atoms with E-state index in [2.05, 4.69) is 14.9 Å². The zero-order valence-corrected chi connectivity index (χ0v) is 15.2. The van der Waals surface area contributed by atoms with Crippen molar-refractivity contribution in [2.24, 2.45) is 0 Å². The average molecular weight is 363 g/mol. The Kier molecular flexibility index (Phi) is 4.74. The van der Waals surface area contributed by atoms with Crippen LogP contribution in [0.15, 0.2) is 65.5 Å². The van der Waals surface area contributed by atoms with E-state index in [1.807, 2.05) is 53.2 Å². The lowest BCUT2D eigenvalue weighted by Gasteiger charge is -2.35. The van der Waals surface area contributed by atoms with Crippen LogP contribution in [0.25, 0.3) is 0 Å². The number of carbonyl (C=O) groups excluding carboxylic acids is 1. The summed E-state index contributed by atoms with van der Waals surface area (Å²) in [5, 5.41) is 0. The van der Waals surface area contributed by atoms with Crippen molar-refractivity contribution in [2.45, 2.75) is 0 Å². The number of hydrogen-bond donors (Lipinski definition) is 0. The maximum atomic E-state index is 12.4. The molecule has 138 valence electrons. The van der Waals surface area contributed by atoms with Gasteiger partial charge >= 0.3 is 0 Å². The van der Waals surface area contributed by atoms with E-state index in [1.165, 1.54) is 6.26 Å². The molecule has 7 heteroatoms. The van der Waals surface area contributed by atoms with E-state index in [1.54, 1.807) is 18.5 Å². The van der Waals surface area contributed by atoms with Gasteiger partial charge in [-0.1, -0.05) is 18.2 Å². The minimum Gasteiger partial charge on any atom is -0.459 e. The zero-order chi connectivity index (χ0) is 18.6.